The quantitative estimate of drug-likeness (QED) is 0.438. The normalized spacial score (nSPS) is 18.6. The SMILES string of the molecule is CCCCc1ccc(S(=O)(=O)C2CNC(SCC(=O)Nc3ccc(C)cc3Br)NC2=O)cc1. The fourth-order valence-electron chi connectivity index (χ4n) is 3.39. The molecule has 0 aromatic heterocycles. The van der Waals surface area contributed by atoms with Gasteiger partial charge in [0.15, 0.2) is 15.1 Å². The van der Waals surface area contributed by atoms with E-state index in [1.54, 1.807) is 24.3 Å². The number of carbonyl (C=O) groups is 2. The van der Waals surface area contributed by atoms with Crippen molar-refractivity contribution in [2.75, 3.05) is 17.6 Å². The number of unbranched alkanes of at least 4 members (excludes halogenated alkanes) is 1. The van der Waals surface area contributed by atoms with Gasteiger partial charge in [0.05, 0.1) is 16.3 Å². The van der Waals surface area contributed by atoms with E-state index in [9.17, 15) is 18.0 Å². The lowest BCUT2D eigenvalue weighted by molar-refractivity contribution is -0.122. The molecule has 0 spiro atoms. The van der Waals surface area contributed by atoms with Gasteiger partial charge in [-0.2, -0.15) is 0 Å². The van der Waals surface area contributed by atoms with Gasteiger partial charge in [-0.25, -0.2) is 8.42 Å². The number of hydrogen-bond donors (Lipinski definition) is 3. The molecular weight excluding hydrogens is 526 g/mol. The van der Waals surface area contributed by atoms with Crippen molar-refractivity contribution in [2.45, 2.75) is 48.8 Å². The minimum absolute atomic E-state index is 0.0193. The third-order valence-electron chi connectivity index (χ3n) is 5.28. The number of hydrogen-bond acceptors (Lipinski definition) is 6. The van der Waals surface area contributed by atoms with Crippen LogP contribution in [0.4, 0.5) is 5.69 Å². The third kappa shape index (κ3) is 6.81. The van der Waals surface area contributed by atoms with E-state index in [1.165, 1.54) is 11.8 Å². The Morgan fingerprint density at radius 3 is 2.58 bits per heavy atom. The molecule has 3 N–H and O–H groups in total. The predicted molar refractivity (Wildman–Crippen MR) is 136 cm³/mol. The summed E-state index contributed by atoms with van der Waals surface area (Å²) in [5, 5.41) is 7.28. The lowest BCUT2D eigenvalue weighted by atomic mass is 10.1. The largest absolute Gasteiger partial charge is 0.331 e. The summed E-state index contributed by atoms with van der Waals surface area (Å²) < 4.78 is 26.7. The Bertz CT molecular complexity index is 1110. The fraction of sp³-hybridized carbons (Fsp3) is 0.391. The summed E-state index contributed by atoms with van der Waals surface area (Å²) in [4.78, 5) is 25.0. The molecule has 2 unspecified atom stereocenters. The third-order valence-corrected chi connectivity index (χ3v) is 9.04. The van der Waals surface area contributed by atoms with Crippen molar-refractivity contribution < 1.29 is 18.0 Å². The van der Waals surface area contributed by atoms with E-state index < -0.39 is 26.5 Å². The molecule has 2 amide bonds. The molecule has 0 aliphatic carbocycles. The van der Waals surface area contributed by atoms with E-state index in [0.29, 0.717) is 5.69 Å². The van der Waals surface area contributed by atoms with Gasteiger partial charge in [-0.3, -0.25) is 14.9 Å². The van der Waals surface area contributed by atoms with Gasteiger partial charge in [0, 0.05) is 11.0 Å². The fourth-order valence-corrected chi connectivity index (χ4v) is 6.29. The van der Waals surface area contributed by atoms with Crippen molar-refractivity contribution in [1.82, 2.24) is 10.6 Å². The average Bonchev–Trinajstić information content (AvgIpc) is 2.78. The van der Waals surface area contributed by atoms with Crippen LogP contribution in [0.3, 0.4) is 0 Å². The molecule has 2 aromatic carbocycles. The zero-order valence-corrected chi connectivity index (χ0v) is 21.8. The van der Waals surface area contributed by atoms with Crippen molar-refractivity contribution in [3.8, 4) is 0 Å². The molecule has 0 bridgehead atoms. The van der Waals surface area contributed by atoms with E-state index in [2.05, 4.69) is 38.8 Å². The number of anilines is 1. The molecule has 0 radical (unpaired) electrons. The van der Waals surface area contributed by atoms with Crippen LogP contribution in [-0.4, -0.2) is 43.3 Å². The highest BCUT2D eigenvalue weighted by Crippen LogP contribution is 2.24. The molecule has 10 heteroatoms. The Morgan fingerprint density at radius 1 is 1.21 bits per heavy atom. The topological polar surface area (TPSA) is 104 Å². The maximum Gasteiger partial charge on any atom is 0.241 e. The number of halogens is 1. The molecule has 7 nitrogen and oxygen atoms in total. The smallest absolute Gasteiger partial charge is 0.241 e. The summed E-state index contributed by atoms with van der Waals surface area (Å²) in [7, 11) is -3.82. The zero-order valence-electron chi connectivity index (χ0n) is 18.6. The minimum Gasteiger partial charge on any atom is -0.331 e. The van der Waals surface area contributed by atoms with Gasteiger partial charge in [-0.15, -0.1) is 11.8 Å². The number of sulfone groups is 1. The number of rotatable bonds is 9. The van der Waals surface area contributed by atoms with Gasteiger partial charge in [0.2, 0.25) is 11.8 Å². The van der Waals surface area contributed by atoms with Gasteiger partial charge in [0.1, 0.15) is 5.50 Å². The molecule has 1 heterocycles. The van der Waals surface area contributed by atoms with Crippen LogP contribution in [0.1, 0.15) is 30.9 Å². The van der Waals surface area contributed by atoms with Crippen molar-refractivity contribution in [1.29, 1.82) is 0 Å². The van der Waals surface area contributed by atoms with E-state index >= 15 is 0 Å². The summed E-state index contributed by atoms with van der Waals surface area (Å²) in [5.41, 5.74) is 2.26. The number of thioether (sulfide) groups is 1. The van der Waals surface area contributed by atoms with Gasteiger partial charge < -0.3 is 10.6 Å². The lowest BCUT2D eigenvalue weighted by Gasteiger charge is -2.29. The predicted octanol–water partition coefficient (Wildman–Crippen LogP) is 3.62. The van der Waals surface area contributed by atoms with E-state index in [-0.39, 0.29) is 23.1 Å². The summed E-state index contributed by atoms with van der Waals surface area (Å²) in [5.74, 6) is -0.698. The molecule has 2 aromatic rings. The summed E-state index contributed by atoms with van der Waals surface area (Å²) in [6, 6.07) is 12.4. The van der Waals surface area contributed by atoms with Crippen molar-refractivity contribution >= 4 is 55.0 Å². The maximum atomic E-state index is 13.0. The van der Waals surface area contributed by atoms with Crippen molar-refractivity contribution in [2.24, 2.45) is 0 Å². The van der Waals surface area contributed by atoms with Gasteiger partial charge >= 0.3 is 0 Å². The molecule has 2 atom stereocenters. The Morgan fingerprint density at radius 2 is 1.94 bits per heavy atom. The van der Waals surface area contributed by atoms with Crippen LogP contribution in [-0.2, 0) is 25.8 Å². The van der Waals surface area contributed by atoms with Crippen LogP contribution >= 0.6 is 27.7 Å². The number of benzene rings is 2. The van der Waals surface area contributed by atoms with Crippen molar-refractivity contribution in [3.05, 3.63) is 58.1 Å². The molecule has 3 rings (SSSR count). The second kappa shape index (κ2) is 11.5. The minimum atomic E-state index is -3.82. The monoisotopic (exact) mass is 553 g/mol. The Kier molecular flexibility index (Phi) is 8.97. The van der Waals surface area contributed by atoms with E-state index in [4.69, 9.17) is 0 Å². The zero-order chi connectivity index (χ0) is 24.0. The second-order valence-electron chi connectivity index (χ2n) is 7.92. The Hall–Kier alpha value is -1.88. The highest BCUT2D eigenvalue weighted by molar-refractivity contribution is 9.10. The summed E-state index contributed by atoms with van der Waals surface area (Å²) in [6.45, 7) is 4.04. The van der Waals surface area contributed by atoms with Crippen LogP contribution in [0.15, 0.2) is 51.8 Å². The number of nitrogens with one attached hydrogen (secondary N) is 3. The molecule has 33 heavy (non-hydrogen) atoms. The lowest BCUT2D eigenvalue weighted by Crippen LogP contribution is -2.59. The summed E-state index contributed by atoms with van der Waals surface area (Å²) in [6.07, 6.45) is 3.01. The van der Waals surface area contributed by atoms with Gasteiger partial charge in [-0.05, 0) is 71.1 Å². The molecule has 1 aliphatic rings. The Balaban J connectivity index is 1.53. The van der Waals surface area contributed by atoms with Crippen LogP contribution in [0.5, 0.6) is 0 Å². The standard InChI is InChI=1S/C23H28BrN3O4S2/c1-3-4-5-16-7-9-17(10-8-16)33(30,31)20-13-25-23(27-22(20)29)32-14-21(28)26-19-11-6-15(2)12-18(19)24/h6-12,20,23,25H,3-5,13-14H2,1-2H3,(H,26,28)(H,27,29). The first-order chi connectivity index (χ1) is 15.7. The molecule has 0 saturated carbocycles. The van der Waals surface area contributed by atoms with Gasteiger partial charge in [-0.1, -0.05) is 31.5 Å². The average molecular weight is 555 g/mol. The maximum absolute atomic E-state index is 13.0. The van der Waals surface area contributed by atoms with Crippen molar-refractivity contribution in [3.63, 3.8) is 0 Å². The van der Waals surface area contributed by atoms with Crippen LogP contribution in [0.2, 0.25) is 0 Å². The number of amides is 2. The van der Waals surface area contributed by atoms with Crippen LogP contribution < -0.4 is 16.0 Å². The van der Waals surface area contributed by atoms with Crippen LogP contribution in [0, 0.1) is 6.92 Å². The molecule has 1 aliphatic heterocycles. The summed E-state index contributed by atoms with van der Waals surface area (Å²) >= 11 is 4.61. The highest BCUT2D eigenvalue weighted by Gasteiger charge is 2.38. The molecular formula is C23H28BrN3O4S2. The van der Waals surface area contributed by atoms with Crippen LogP contribution in [0.25, 0.3) is 0 Å². The number of aryl methyl sites for hydroxylation is 2. The Labute approximate surface area is 207 Å². The molecule has 1 fully saturated rings. The van der Waals surface area contributed by atoms with E-state index in [1.807, 2.05) is 25.1 Å². The molecule has 1 saturated heterocycles. The number of carbonyl (C=O) groups excluding carboxylic acids is 2. The first kappa shape index (κ1) is 25.7. The molecule has 178 valence electrons. The highest BCUT2D eigenvalue weighted by atomic mass is 79.9. The first-order valence-corrected chi connectivity index (χ1v) is 14.1. The second-order valence-corrected chi connectivity index (χ2v) is 12.0. The first-order valence-electron chi connectivity index (χ1n) is 10.7. The van der Waals surface area contributed by atoms with Gasteiger partial charge in [0.25, 0.3) is 0 Å². The van der Waals surface area contributed by atoms with E-state index in [0.717, 1.165) is 34.9 Å².